The minimum absolute atomic E-state index is 0.0155. The van der Waals surface area contributed by atoms with Gasteiger partial charge in [0, 0.05) is 30.8 Å². The van der Waals surface area contributed by atoms with Gasteiger partial charge in [-0.3, -0.25) is 0 Å². The molecule has 0 unspecified atom stereocenters. The smallest absolute Gasteiger partial charge is 0.258 e. The average molecular weight is 422 g/mol. The van der Waals surface area contributed by atoms with E-state index in [1.54, 1.807) is 12.4 Å². The lowest BCUT2D eigenvalue weighted by molar-refractivity contribution is 0.0244. The summed E-state index contributed by atoms with van der Waals surface area (Å²) in [5, 5.41) is 13.2. The number of ether oxygens (including phenoxy) is 2. The summed E-state index contributed by atoms with van der Waals surface area (Å²) < 4.78 is 37.5. The van der Waals surface area contributed by atoms with E-state index in [0.29, 0.717) is 30.0 Å². The molecule has 1 atom stereocenters. The number of fused-ring (bicyclic) bond motifs is 1. The number of alkyl halides is 2. The van der Waals surface area contributed by atoms with Crippen LogP contribution >= 0.6 is 0 Å². The molecule has 1 saturated carbocycles. The maximum absolute atomic E-state index is 13.0. The topological polar surface area (TPSA) is 89.4 Å². The second-order valence-corrected chi connectivity index (χ2v) is 8.18. The van der Waals surface area contributed by atoms with Crippen LogP contribution in [0, 0.1) is 0 Å². The molecule has 3 heterocycles. The molecular weight excluding hydrogens is 394 g/mol. The molecule has 1 saturated heterocycles. The van der Waals surface area contributed by atoms with E-state index in [4.69, 9.17) is 9.47 Å². The first-order chi connectivity index (χ1) is 14.5. The van der Waals surface area contributed by atoms with Crippen LogP contribution in [-0.2, 0) is 4.74 Å². The van der Waals surface area contributed by atoms with Crippen LogP contribution in [0.4, 0.5) is 14.7 Å². The fourth-order valence-electron chi connectivity index (χ4n) is 4.08. The number of aliphatic hydroxyl groups excluding tert-OH is 1. The van der Waals surface area contributed by atoms with Crippen LogP contribution in [0.25, 0.3) is 10.9 Å². The minimum atomic E-state index is -2.52. The van der Waals surface area contributed by atoms with E-state index in [1.807, 2.05) is 0 Å². The van der Waals surface area contributed by atoms with Crippen molar-refractivity contribution in [3.8, 4) is 5.88 Å². The van der Waals surface area contributed by atoms with Crippen LogP contribution in [0.5, 0.6) is 5.88 Å². The predicted molar refractivity (Wildman–Crippen MR) is 108 cm³/mol. The van der Waals surface area contributed by atoms with Gasteiger partial charge in [-0.15, -0.1) is 0 Å². The van der Waals surface area contributed by atoms with Gasteiger partial charge in [-0.1, -0.05) is 0 Å². The van der Waals surface area contributed by atoms with Crippen molar-refractivity contribution in [2.75, 3.05) is 18.5 Å². The van der Waals surface area contributed by atoms with Gasteiger partial charge in [-0.05, 0) is 38.5 Å². The predicted octanol–water partition coefficient (Wildman–Crippen LogP) is 3.67. The summed E-state index contributed by atoms with van der Waals surface area (Å²) in [4.78, 5) is 13.4. The van der Waals surface area contributed by atoms with Crippen molar-refractivity contribution < 1.29 is 23.4 Å². The number of nitrogens with zero attached hydrogens (tertiary/aromatic N) is 3. The highest BCUT2D eigenvalue weighted by molar-refractivity contribution is 5.86. The van der Waals surface area contributed by atoms with Crippen LogP contribution in [0.15, 0.2) is 12.4 Å². The van der Waals surface area contributed by atoms with Crippen molar-refractivity contribution in [2.45, 2.75) is 76.0 Å². The van der Waals surface area contributed by atoms with E-state index in [9.17, 15) is 13.9 Å². The average Bonchev–Trinajstić information content (AvgIpc) is 2.75. The number of hydrogen-bond acceptors (Lipinski definition) is 7. The largest absolute Gasteiger partial charge is 0.474 e. The number of hydrogen-bond donors (Lipinski definition) is 2. The Labute approximate surface area is 174 Å². The quantitative estimate of drug-likeness (QED) is 0.734. The first-order valence-electron chi connectivity index (χ1n) is 10.6. The van der Waals surface area contributed by atoms with Gasteiger partial charge in [-0.25, -0.2) is 23.7 Å². The Hall–Kier alpha value is -2.13. The number of rotatable bonds is 6. The molecule has 2 aromatic rings. The Kier molecular flexibility index (Phi) is 6.58. The van der Waals surface area contributed by atoms with Gasteiger partial charge in [0.25, 0.3) is 6.43 Å². The third kappa shape index (κ3) is 4.78. The van der Waals surface area contributed by atoms with Gasteiger partial charge < -0.3 is 19.9 Å². The van der Waals surface area contributed by atoms with E-state index in [0.717, 1.165) is 44.1 Å². The molecule has 1 aliphatic carbocycles. The van der Waals surface area contributed by atoms with Crippen LogP contribution in [0.1, 0.15) is 56.9 Å². The van der Waals surface area contributed by atoms with Crippen LogP contribution in [0.2, 0.25) is 0 Å². The fraction of sp³-hybridized carbons (Fsp3) is 0.667. The SMILES string of the molecule is C[C@@H](Nc1ncc2c(OC3CCOCC3)ncc([C@H]3CC[C@H](O)CC3)c2n1)C(F)F. The molecule has 7 nitrogen and oxygen atoms in total. The third-order valence-corrected chi connectivity index (χ3v) is 5.93. The normalized spacial score (nSPS) is 24.2. The first-order valence-corrected chi connectivity index (χ1v) is 10.6. The van der Waals surface area contributed by atoms with Crippen molar-refractivity contribution in [1.29, 1.82) is 0 Å². The highest BCUT2D eigenvalue weighted by Gasteiger charge is 2.26. The summed E-state index contributed by atoms with van der Waals surface area (Å²) >= 11 is 0. The monoisotopic (exact) mass is 422 g/mol. The van der Waals surface area contributed by atoms with Gasteiger partial charge in [0.1, 0.15) is 6.10 Å². The van der Waals surface area contributed by atoms with Gasteiger partial charge in [0.05, 0.1) is 36.3 Å². The van der Waals surface area contributed by atoms with Crippen LogP contribution < -0.4 is 10.1 Å². The summed E-state index contributed by atoms with van der Waals surface area (Å²) in [6.45, 7) is 2.70. The minimum Gasteiger partial charge on any atom is -0.474 e. The number of halogens is 2. The molecule has 0 spiro atoms. The lowest BCUT2D eigenvalue weighted by Crippen LogP contribution is -2.26. The van der Waals surface area contributed by atoms with Crippen molar-refractivity contribution in [2.24, 2.45) is 0 Å². The Morgan fingerprint density at radius 3 is 2.53 bits per heavy atom. The van der Waals surface area contributed by atoms with E-state index < -0.39 is 12.5 Å². The Morgan fingerprint density at radius 2 is 1.83 bits per heavy atom. The second kappa shape index (κ2) is 9.34. The number of aromatic nitrogens is 3. The van der Waals surface area contributed by atoms with Gasteiger partial charge in [-0.2, -0.15) is 0 Å². The van der Waals surface area contributed by atoms with Crippen molar-refractivity contribution >= 4 is 16.9 Å². The molecule has 2 aliphatic rings. The van der Waals surface area contributed by atoms with Crippen LogP contribution in [0.3, 0.4) is 0 Å². The maximum atomic E-state index is 13.0. The van der Waals surface area contributed by atoms with E-state index in [-0.39, 0.29) is 24.1 Å². The molecule has 30 heavy (non-hydrogen) atoms. The lowest BCUT2D eigenvalue weighted by atomic mass is 9.83. The molecule has 1 aliphatic heterocycles. The molecule has 2 aromatic heterocycles. The van der Waals surface area contributed by atoms with Crippen molar-refractivity contribution in [1.82, 2.24) is 15.0 Å². The molecule has 2 N–H and O–H groups in total. The van der Waals surface area contributed by atoms with Gasteiger partial charge in [0.15, 0.2) is 0 Å². The third-order valence-electron chi connectivity index (χ3n) is 5.93. The molecule has 0 amide bonds. The molecule has 2 fully saturated rings. The maximum Gasteiger partial charge on any atom is 0.258 e. The Bertz CT molecular complexity index is 856. The zero-order valence-corrected chi connectivity index (χ0v) is 17.1. The van der Waals surface area contributed by atoms with Gasteiger partial charge >= 0.3 is 0 Å². The molecule has 0 radical (unpaired) electrons. The standard InChI is InChI=1S/C21H28F2N4O3/c1-12(19(22)23)26-21-25-11-17-18(27-21)16(13-2-4-14(28)5-3-13)10-24-20(17)30-15-6-8-29-9-7-15/h10-15,19,28H,2-9H2,1H3,(H,25,26,27)/t12-,13-,14-/m1/s1. The second-order valence-electron chi connectivity index (χ2n) is 8.18. The first kappa shape index (κ1) is 21.1. The summed E-state index contributed by atoms with van der Waals surface area (Å²) in [5.41, 5.74) is 1.62. The zero-order chi connectivity index (χ0) is 21.1. The number of aliphatic hydroxyl groups is 1. The van der Waals surface area contributed by atoms with E-state index >= 15 is 0 Å². The van der Waals surface area contributed by atoms with Gasteiger partial charge in [0.2, 0.25) is 11.8 Å². The molecule has 4 rings (SSSR count). The highest BCUT2D eigenvalue weighted by atomic mass is 19.3. The highest BCUT2D eigenvalue weighted by Crippen LogP contribution is 2.38. The molecule has 164 valence electrons. The molecule has 0 aromatic carbocycles. The Balaban J connectivity index is 1.68. The molecular formula is C21H28F2N4O3. The zero-order valence-electron chi connectivity index (χ0n) is 17.1. The van der Waals surface area contributed by atoms with E-state index in [2.05, 4.69) is 20.3 Å². The molecule has 0 bridgehead atoms. The van der Waals surface area contributed by atoms with Crippen molar-refractivity contribution in [3.05, 3.63) is 18.0 Å². The Morgan fingerprint density at radius 1 is 1.10 bits per heavy atom. The van der Waals surface area contributed by atoms with Crippen molar-refractivity contribution in [3.63, 3.8) is 0 Å². The lowest BCUT2D eigenvalue weighted by Gasteiger charge is -2.27. The summed E-state index contributed by atoms with van der Waals surface area (Å²) in [5.74, 6) is 0.830. The number of pyridine rings is 1. The van der Waals surface area contributed by atoms with E-state index in [1.165, 1.54) is 6.92 Å². The fourth-order valence-corrected chi connectivity index (χ4v) is 4.08. The summed E-state index contributed by atoms with van der Waals surface area (Å²) in [7, 11) is 0. The summed E-state index contributed by atoms with van der Waals surface area (Å²) in [6, 6.07) is -1.06. The number of nitrogens with one attached hydrogen (secondary N) is 1. The number of anilines is 1. The molecule has 9 heteroatoms. The summed E-state index contributed by atoms with van der Waals surface area (Å²) in [6.07, 6.45) is 5.31. The van der Waals surface area contributed by atoms with Crippen LogP contribution in [-0.4, -0.2) is 57.9 Å².